The summed E-state index contributed by atoms with van der Waals surface area (Å²) in [4.78, 5) is 0. The van der Waals surface area contributed by atoms with Crippen molar-refractivity contribution in [2.45, 2.75) is 92.4 Å². The molecule has 152 valence electrons. The second kappa shape index (κ2) is 5.99. The summed E-state index contributed by atoms with van der Waals surface area (Å²) in [6.07, 6.45) is 12.4. The lowest BCUT2D eigenvalue weighted by molar-refractivity contribution is -0.0653. The molecule has 0 saturated heterocycles. The van der Waals surface area contributed by atoms with Gasteiger partial charge in [-0.05, 0) is 108 Å². The fourth-order valence-electron chi connectivity index (χ4n) is 8.46. The van der Waals surface area contributed by atoms with E-state index in [0.29, 0.717) is 22.2 Å². The molecule has 4 aliphatic rings. The van der Waals surface area contributed by atoms with Crippen LogP contribution in [0, 0.1) is 40.9 Å². The SMILES string of the molecule is Cc1cccc2c1CC[C@]1(C)[C@@H]2CC=C2[C@@H]3[C@@H](C)[C@H](C)CC[C@]3(C)CC[C@]21C. The molecule has 2 saturated carbocycles. The normalized spacial score (nSPS) is 47.3. The zero-order valence-corrected chi connectivity index (χ0v) is 19.1. The Labute approximate surface area is 173 Å². The summed E-state index contributed by atoms with van der Waals surface area (Å²) < 4.78 is 0. The van der Waals surface area contributed by atoms with Gasteiger partial charge in [0.15, 0.2) is 0 Å². The highest BCUT2D eigenvalue weighted by Gasteiger charge is 2.61. The van der Waals surface area contributed by atoms with Crippen molar-refractivity contribution >= 4 is 0 Å². The molecule has 0 heterocycles. The minimum absolute atomic E-state index is 0.382. The van der Waals surface area contributed by atoms with E-state index >= 15 is 0 Å². The van der Waals surface area contributed by atoms with Crippen LogP contribution in [0.2, 0.25) is 0 Å². The number of aryl methyl sites for hydroxylation is 1. The van der Waals surface area contributed by atoms with Crippen molar-refractivity contribution in [2.24, 2.45) is 34.0 Å². The molecule has 1 aromatic rings. The van der Waals surface area contributed by atoms with E-state index in [-0.39, 0.29) is 0 Å². The molecule has 0 unspecified atom stereocenters. The monoisotopic (exact) mass is 376 g/mol. The number of rotatable bonds is 0. The van der Waals surface area contributed by atoms with Crippen LogP contribution in [-0.2, 0) is 6.42 Å². The standard InChI is InChI=1S/C28H40/c1-18-12-14-26(4)16-17-28(6)24(25(26)20(18)3)11-10-23-22-9-7-8-19(2)21(22)13-15-27(23,28)5/h7-9,11,18,20,23,25H,10,12-17H2,1-6H3/t18-,20+,23-,25+,26-,27-,28-/m1/s1. The van der Waals surface area contributed by atoms with Crippen molar-refractivity contribution in [3.63, 3.8) is 0 Å². The maximum Gasteiger partial charge on any atom is -0.00533 e. The Morgan fingerprint density at radius 1 is 0.964 bits per heavy atom. The second-order valence-electron chi connectivity index (χ2n) is 11.8. The third-order valence-electron chi connectivity index (χ3n) is 10.8. The van der Waals surface area contributed by atoms with Gasteiger partial charge in [0.1, 0.15) is 0 Å². The van der Waals surface area contributed by atoms with Crippen LogP contribution in [0.15, 0.2) is 29.8 Å². The predicted molar refractivity (Wildman–Crippen MR) is 120 cm³/mol. The van der Waals surface area contributed by atoms with E-state index in [1.54, 1.807) is 11.1 Å². The van der Waals surface area contributed by atoms with Gasteiger partial charge in [0.25, 0.3) is 0 Å². The summed E-state index contributed by atoms with van der Waals surface area (Å²) in [5.41, 5.74) is 8.10. The van der Waals surface area contributed by atoms with E-state index < -0.39 is 0 Å². The smallest absolute Gasteiger partial charge is 0.00533 e. The molecule has 7 atom stereocenters. The predicted octanol–water partition coefficient (Wildman–Crippen LogP) is 7.85. The lowest BCUT2D eigenvalue weighted by atomic mass is 9.39. The summed E-state index contributed by atoms with van der Waals surface area (Å²) in [6.45, 7) is 15.4. The van der Waals surface area contributed by atoms with Gasteiger partial charge in [-0.1, -0.05) is 64.5 Å². The van der Waals surface area contributed by atoms with Crippen LogP contribution in [0.4, 0.5) is 0 Å². The van der Waals surface area contributed by atoms with Crippen LogP contribution in [0.1, 0.15) is 95.8 Å². The first-order valence-corrected chi connectivity index (χ1v) is 12.0. The van der Waals surface area contributed by atoms with Crippen molar-refractivity contribution < 1.29 is 0 Å². The average molecular weight is 377 g/mol. The summed E-state index contributed by atoms with van der Waals surface area (Å²) >= 11 is 0. The minimum atomic E-state index is 0.382. The highest BCUT2D eigenvalue weighted by Crippen LogP contribution is 2.71. The molecule has 0 spiro atoms. The average Bonchev–Trinajstić information content (AvgIpc) is 2.66. The van der Waals surface area contributed by atoms with Crippen molar-refractivity contribution in [3.05, 3.63) is 46.5 Å². The summed E-state index contributed by atoms with van der Waals surface area (Å²) in [7, 11) is 0. The highest BCUT2D eigenvalue weighted by atomic mass is 14.7. The van der Waals surface area contributed by atoms with E-state index in [0.717, 1.165) is 17.8 Å². The van der Waals surface area contributed by atoms with Crippen LogP contribution in [-0.4, -0.2) is 0 Å². The molecule has 0 bridgehead atoms. The largest absolute Gasteiger partial charge is 0.0838 e. The Hall–Kier alpha value is -1.04. The molecule has 0 aromatic heterocycles. The van der Waals surface area contributed by atoms with Crippen molar-refractivity contribution in [3.8, 4) is 0 Å². The van der Waals surface area contributed by atoms with Gasteiger partial charge in [-0.3, -0.25) is 0 Å². The molecule has 0 aliphatic heterocycles. The zero-order valence-electron chi connectivity index (χ0n) is 19.1. The number of hydrogen-bond acceptors (Lipinski definition) is 0. The molecular formula is C28H40. The quantitative estimate of drug-likeness (QED) is 0.404. The van der Waals surface area contributed by atoms with Gasteiger partial charge in [0.2, 0.25) is 0 Å². The Kier molecular flexibility index (Phi) is 4.06. The fourth-order valence-corrected chi connectivity index (χ4v) is 8.46. The molecule has 0 amide bonds. The molecule has 0 heteroatoms. The number of benzene rings is 1. The Morgan fingerprint density at radius 3 is 2.54 bits per heavy atom. The lowest BCUT2D eigenvalue weighted by Crippen LogP contribution is -2.56. The number of allylic oxidation sites excluding steroid dienone is 2. The van der Waals surface area contributed by atoms with Crippen LogP contribution in [0.3, 0.4) is 0 Å². The van der Waals surface area contributed by atoms with Crippen molar-refractivity contribution in [1.29, 1.82) is 0 Å². The second-order valence-corrected chi connectivity index (χ2v) is 11.8. The van der Waals surface area contributed by atoms with E-state index in [1.807, 2.05) is 5.57 Å². The van der Waals surface area contributed by atoms with E-state index in [1.165, 1.54) is 50.5 Å². The molecule has 1 aromatic carbocycles. The first-order chi connectivity index (χ1) is 13.2. The van der Waals surface area contributed by atoms with E-state index in [9.17, 15) is 0 Å². The third kappa shape index (κ3) is 2.24. The summed E-state index contributed by atoms with van der Waals surface area (Å²) in [5, 5.41) is 0. The van der Waals surface area contributed by atoms with Crippen LogP contribution >= 0.6 is 0 Å². The van der Waals surface area contributed by atoms with E-state index in [2.05, 4.69) is 65.8 Å². The van der Waals surface area contributed by atoms with Gasteiger partial charge in [-0.2, -0.15) is 0 Å². The Bertz CT molecular complexity index is 830. The van der Waals surface area contributed by atoms with Gasteiger partial charge in [0, 0.05) is 0 Å². The third-order valence-corrected chi connectivity index (χ3v) is 10.8. The first kappa shape index (κ1) is 19.0. The first-order valence-electron chi connectivity index (χ1n) is 12.0. The zero-order chi connectivity index (χ0) is 19.9. The molecule has 0 radical (unpaired) electrons. The molecule has 5 rings (SSSR count). The molecule has 28 heavy (non-hydrogen) atoms. The topological polar surface area (TPSA) is 0 Å². The molecule has 4 aliphatic carbocycles. The maximum absolute atomic E-state index is 2.76. The lowest BCUT2D eigenvalue weighted by Gasteiger charge is -2.66. The summed E-state index contributed by atoms with van der Waals surface area (Å²) in [5.74, 6) is 3.24. The van der Waals surface area contributed by atoms with Crippen molar-refractivity contribution in [1.82, 2.24) is 0 Å². The summed E-state index contributed by atoms with van der Waals surface area (Å²) in [6, 6.07) is 7.10. The Morgan fingerprint density at radius 2 is 1.75 bits per heavy atom. The van der Waals surface area contributed by atoms with Gasteiger partial charge >= 0.3 is 0 Å². The minimum Gasteiger partial charge on any atom is -0.0838 e. The van der Waals surface area contributed by atoms with Crippen LogP contribution in [0.5, 0.6) is 0 Å². The van der Waals surface area contributed by atoms with Crippen LogP contribution in [0.25, 0.3) is 0 Å². The molecular weight excluding hydrogens is 336 g/mol. The van der Waals surface area contributed by atoms with Crippen LogP contribution < -0.4 is 0 Å². The maximum atomic E-state index is 2.76. The van der Waals surface area contributed by atoms with Gasteiger partial charge in [-0.15, -0.1) is 0 Å². The van der Waals surface area contributed by atoms with Gasteiger partial charge in [-0.25, -0.2) is 0 Å². The Balaban J connectivity index is 1.64. The fraction of sp³-hybridized carbons (Fsp3) is 0.714. The molecule has 0 nitrogen and oxygen atoms in total. The van der Waals surface area contributed by atoms with Gasteiger partial charge in [0.05, 0.1) is 0 Å². The molecule has 2 fully saturated rings. The van der Waals surface area contributed by atoms with E-state index in [4.69, 9.17) is 0 Å². The highest BCUT2D eigenvalue weighted by molar-refractivity contribution is 5.45. The van der Waals surface area contributed by atoms with Crippen molar-refractivity contribution in [2.75, 3.05) is 0 Å². The number of fused-ring (bicyclic) bond motifs is 7. The van der Waals surface area contributed by atoms with Gasteiger partial charge < -0.3 is 0 Å². The number of hydrogen-bond donors (Lipinski definition) is 0. The molecule has 0 N–H and O–H groups in total.